The zero-order valence-corrected chi connectivity index (χ0v) is 23.3. The number of hydrogen-bond donors (Lipinski definition) is 2. The van der Waals surface area contributed by atoms with E-state index in [9.17, 15) is 14.7 Å². The fourth-order valence-electron chi connectivity index (χ4n) is 4.98. The monoisotopic (exact) mass is 526 g/mol. The molecule has 1 aliphatic carbocycles. The van der Waals surface area contributed by atoms with Crippen molar-refractivity contribution in [1.29, 1.82) is 0 Å². The van der Waals surface area contributed by atoms with Crippen LogP contribution >= 0.6 is 0 Å². The minimum absolute atomic E-state index is 0.137. The average Bonchev–Trinajstić information content (AvgIpc) is 2.92. The Morgan fingerprint density at radius 1 is 0.949 bits per heavy atom. The molecule has 0 atom stereocenters. The molecule has 1 heterocycles. The summed E-state index contributed by atoms with van der Waals surface area (Å²) in [5.74, 6) is -0.717. The summed E-state index contributed by atoms with van der Waals surface area (Å²) in [6.45, 7) is 17.2. The fraction of sp³-hybridized carbons (Fsp3) is 0.281. The van der Waals surface area contributed by atoms with Crippen LogP contribution in [0.5, 0.6) is 0 Å². The molecule has 0 saturated heterocycles. The van der Waals surface area contributed by atoms with Crippen LogP contribution in [-0.2, 0) is 4.79 Å². The number of rotatable bonds is 9. The Kier molecular flexibility index (Phi) is 8.19. The summed E-state index contributed by atoms with van der Waals surface area (Å²) in [6, 6.07) is 16.9. The van der Waals surface area contributed by atoms with E-state index >= 15 is 0 Å². The molecule has 0 spiro atoms. The maximum absolute atomic E-state index is 12.4. The van der Waals surface area contributed by atoms with Crippen molar-refractivity contribution in [3.8, 4) is 22.5 Å². The van der Waals surface area contributed by atoms with Crippen molar-refractivity contribution in [2.24, 2.45) is 0 Å². The van der Waals surface area contributed by atoms with Gasteiger partial charge in [-0.3, -0.25) is 4.79 Å². The Labute approximate surface area is 229 Å². The lowest BCUT2D eigenvalue weighted by atomic mass is 9.90. The molecule has 0 radical (unpaired) electrons. The number of carbonyl (C=O) groups excluding carboxylic acids is 1. The molecule has 39 heavy (non-hydrogen) atoms. The Bertz CT molecular complexity index is 1610. The van der Waals surface area contributed by atoms with Crippen LogP contribution in [0, 0.1) is 0 Å². The lowest BCUT2D eigenvalue weighted by Gasteiger charge is -2.22. The van der Waals surface area contributed by atoms with Crippen LogP contribution in [0.4, 0.5) is 11.4 Å². The molecule has 7 heteroatoms. The van der Waals surface area contributed by atoms with Gasteiger partial charge in [-0.05, 0) is 76.6 Å². The number of hydrogen-bond acceptors (Lipinski definition) is 4. The third-order valence-corrected chi connectivity index (χ3v) is 7.11. The zero-order chi connectivity index (χ0) is 28.3. The van der Waals surface area contributed by atoms with Crippen molar-refractivity contribution < 1.29 is 19.1 Å². The van der Waals surface area contributed by atoms with Crippen LogP contribution in [-0.4, -0.2) is 43.2 Å². The third-order valence-electron chi connectivity index (χ3n) is 7.11. The van der Waals surface area contributed by atoms with Crippen LogP contribution in [0.1, 0.15) is 45.0 Å². The summed E-state index contributed by atoms with van der Waals surface area (Å²) >= 11 is 0. The first-order chi connectivity index (χ1) is 18.7. The highest BCUT2D eigenvalue weighted by Crippen LogP contribution is 2.42. The summed E-state index contributed by atoms with van der Waals surface area (Å²) in [4.78, 5) is 27.0. The first-order valence-electron chi connectivity index (χ1n) is 13.4. The molecule has 0 fully saturated rings. The molecule has 0 bridgehead atoms. The highest BCUT2D eigenvalue weighted by Gasteiger charge is 2.23. The average molecular weight is 527 g/mol. The van der Waals surface area contributed by atoms with Crippen molar-refractivity contribution in [3.05, 3.63) is 77.7 Å². The Morgan fingerprint density at radius 2 is 1.67 bits per heavy atom. The van der Waals surface area contributed by atoms with Crippen LogP contribution in [0.25, 0.3) is 33.4 Å². The second kappa shape index (κ2) is 11.6. The van der Waals surface area contributed by atoms with E-state index in [2.05, 4.69) is 49.1 Å². The maximum atomic E-state index is 12.4. The number of anilines is 2. The first kappa shape index (κ1) is 27.6. The maximum Gasteiger partial charge on any atom is 0.336 e. The molecule has 1 aliphatic heterocycles. The molecule has 0 saturated carbocycles. The minimum atomic E-state index is -1.05. The zero-order valence-electron chi connectivity index (χ0n) is 23.3. The fourth-order valence-corrected chi connectivity index (χ4v) is 4.98. The van der Waals surface area contributed by atoms with Crippen molar-refractivity contribution in [3.63, 3.8) is 0 Å². The predicted molar refractivity (Wildman–Crippen MR) is 159 cm³/mol. The molecule has 4 rings (SSSR count). The standard InChI is InChI=1S/C32H35N3O4/c1-7-34(8-2)22-12-15-25-28(18-22)39-29-19-23(35(9-3)10-4)13-16-26(29)30(25)27-17-21(33-31(36)20(5)6)11-14-24(27)32(37)38/h11-19H,5,7-10H2,1-4,6H3,(H-,33,36,37,38)/p+1. The van der Waals surface area contributed by atoms with E-state index in [4.69, 9.17) is 4.42 Å². The smallest absolute Gasteiger partial charge is 0.336 e. The summed E-state index contributed by atoms with van der Waals surface area (Å²) < 4.78 is 8.75. The lowest BCUT2D eigenvalue weighted by Crippen LogP contribution is -2.29. The first-order valence-corrected chi connectivity index (χ1v) is 13.4. The number of nitrogens with one attached hydrogen (secondary N) is 1. The molecule has 7 nitrogen and oxygen atoms in total. The number of aromatic carboxylic acids is 1. The van der Waals surface area contributed by atoms with E-state index in [0.717, 1.165) is 53.7 Å². The highest BCUT2D eigenvalue weighted by atomic mass is 16.4. The summed E-state index contributed by atoms with van der Waals surface area (Å²) in [5, 5.41) is 14.8. The number of amides is 1. The quantitative estimate of drug-likeness (QED) is 0.157. The van der Waals surface area contributed by atoms with E-state index in [1.54, 1.807) is 19.1 Å². The van der Waals surface area contributed by atoms with E-state index in [1.165, 1.54) is 6.07 Å². The van der Waals surface area contributed by atoms with Gasteiger partial charge in [0.25, 0.3) is 5.91 Å². The van der Waals surface area contributed by atoms with Crippen LogP contribution in [0.3, 0.4) is 0 Å². The van der Waals surface area contributed by atoms with Crippen LogP contribution in [0.15, 0.2) is 71.2 Å². The van der Waals surface area contributed by atoms with Gasteiger partial charge in [0.2, 0.25) is 5.36 Å². The Balaban J connectivity index is 2.11. The second-order valence-corrected chi connectivity index (χ2v) is 9.48. The third kappa shape index (κ3) is 5.43. The van der Waals surface area contributed by atoms with E-state index in [1.807, 2.05) is 36.4 Å². The summed E-state index contributed by atoms with van der Waals surface area (Å²) in [6.07, 6.45) is 0. The van der Waals surface area contributed by atoms with Crippen LogP contribution < -0.4 is 20.1 Å². The number of carboxylic acid groups (broad SMARTS) is 1. The van der Waals surface area contributed by atoms with Gasteiger partial charge in [-0.15, -0.1) is 0 Å². The normalized spacial score (nSPS) is 11.0. The van der Waals surface area contributed by atoms with Gasteiger partial charge in [0.05, 0.1) is 11.6 Å². The molecular weight excluding hydrogens is 490 g/mol. The van der Waals surface area contributed by atoms with Gasteiger partial charge in [0.1, 0.15) is 24.4 Å². The van der Waals surface area contributed by atoms with E-state index < -0.39 is 5.97 Å². The number of fused-ring (bicyclic) bond motifs is 2. The second-order valence-electron chi connectivity index (χ2n) is 9.48. The molecule has 0 unspecified atom stereocenters. The topological polar surface area (TPSA) is 85.8 Å². The molecule has 2 N–H and O–H groups in total. The number of carbonyl (C=O) groups is 2. The van der Waals surface area contributed by atoms with Gasteiger partial charge < -0.3 is 19.7 Å². The lowest BCUT2D eigenvalue weighted by molar-refractivity contribution is -0.112. The summed E-state index contributed by atoms with van der Waals surface area (Å²) in [7, 11) is 0. The largest absolute Gasteiger partial charge is 0.478 e. The van der Waals surface area contributed by atoms with E-state index in [0.29, 0.717) is 28.2 Å². The van der Waals surface area contributed by atoms with Crippen molar-refractivity contribution >= 4 is 34.2 Å². The molecule has 2 aliphatic rings. The minimum Gasteiger partial charge on any atom is -0.478 e. The highest BCUT2D eigenvalue weighted by molar-refractivity contribution is 6.09. The molecular formula is C32H36N3O4+. The van der Waals surface area contributed by atoms with Gasteiger partial charge in [-0.25, -0.2) is 9.37 Å². The molecule has 2 aromatic rings. The predicted octanol–water partition coefficient (Wildman–Crippen LogP) is 6.08. The number of carboxylic acids is 1. The molecule has 2 aromatic carbocycles. The van der Waals surface area contributed by atoms with Gasteiger partial charge in [-0.2, -0.15) is 0 Å². The van der Waals surface area contributed by atoms with Gasteiger partial charge in [0.15, 0.2) is 0 Å². The number of benzene rings is 3. The van der Waals surface area contributed by atoms with Crippen molar-refractivity contribution in [1.82, 2.24) is 4.58 Å². The molecule has 202 valence electrons. The van der Waals surface area contributed by atoms with Gasteiger partial charge >= 0.3 is 5.97 Å². The van der Waals surface area contributed by atoms with Crippen molar-refractivity contribution in [2.75, 3.05) is 36.4 Å². The van der Waals surface area contributed by atoms with Crippen molar-refractivity contribution in [2.45, 2.75) is 34.6 Å². The van der Waals surface area contributed by atoms with Gasteiger partial charge in [-0.1, -0.05) is 6.58 Å². The molecule has 0 aromatic heterocycles. The SMILES string of the molecule is C=C(C)C(=O)Nc1ccc(C(=O)O)c(-c2c3ccc(=[N+](CC)CC)cc-3oc3cc(N(CC)CC)ccc23)c1. The number of nitrogens with zero attached hydrogens (tertiary/aromatic N) is 2. The summed E-state index contributed by atoms with van der Waals surface area (Å²) in [5.41, 5.74) is 4.71. The Morgan fingerprint density at radius 3 is 2.28 bits per heavy atom. The van der Waals surface area contributed by atoms with Gasteiger partial charge in [0, 0.05) is 58.7 Å². The van der Waals surface area contributed by atoms with Crippen LogP contribution in [0.2, 0.25) is 0 Å². The molecule has 1 amide bonds. The van der Waals surface area contributed by atoms with E-state index in [-0.39, 0.29) is 11.5 Å². The Hall–Kier alpha value is -4.39.